The molecule has 1 aliphatic heterocycles. The van der Waals surface area contributed by atoms with Crippen LogP contribution in [-0.2, 0) is 6.54 Å². The molecular formula is C22H24FN5O2. The average Bonchev–Trinajstić information content (AvgIpc) is 3.45. The van der Waals surface area contributed by atoms with Gasteiger partial charge >= 0.3 is 0 Å². The predicted octanol–water partition coefficient (Wildman–Crippen LogP) is 2.45. The van der Waals surface area contributed by atoms with Crippen LogP contribution >= 0.6 is 0 Å². The van der Waals surface area contributed by atoms with Crippen LogP contribution in [0, 0.1) is 5.82 Å². The van der Waals surface area contributed by atoms with Crippen LogP contribution < -0.4 is 10.5 Å². The SMILES string of the molecule is NC(COc1ccc(C(=O)N2CC[C@H](c3ccc(F)cc3)C2)cc1)Cn1nccn1. The van der Waals surface area contributed by atoms with Crippen molar-refractivity contribution in [3.05, 3.63) is 77.9 Å². The van der Waals surface area contributed by atoms with Gasteiger partial charge in [-0.15, -0.1) is 0 Å². The summed E-state index contributed by atoms with van der Waals surface area (Å²) in [4.78, 5) is 16.2. The van der Waals surface area contributed by atoms with Crippen LogP contribution in [0.3, 0.4) is 0 Å². The van der Waals surface area contributed by atoms with Gasteiger partial charge in [-0.3, -0.25) is 4.79 Å². The Morgan fingerprint density at radius 1 is 1.13 bits per heavy atom. The van der Waals surface area contributed by atoms with Crippen LogP contribution in [0.1, 0.15) is 28.3 Å². The van der Waals surface area contributed by atoms with Gasteiger partial charge < -0.3 is 15.4 Å². The van der Waals surface area contributed by atoms with Gasteiger partial charge in [-0.05, 0) is 48.4 Å². The van der Waals surface area contributed by atoms with Gasteiger partial charge in [0.15, 0.2) is 0 Å². The number of hydrogen-bond acceptors (Lipinski definition) is 5. The largest absolute Gasteiger partial charge is 0.492 e. The number of nitrogens with zero attached hydrogens (tertiary/aromatic N) is 4. The van der Waals surface area contributed by atoms with E-state index in [1.54, 1.807) is 48.8 Å². The van der Waals surface area contributed by atoms with E-state index in [1.165, 1.54) is 16.9 Å². The molecule has 0 aliphatic carbocycles. The molecule has 2 aromatic carbocycles. The fourth-order valence-electron chi connectivity index (χ4n) is 3.63. The maximum absolute atomic E-state index is 13.1. The Bertz CT molecular complexity index is 960. The van der Waals surface area contributed by atoms with Crippen LogP contribution in [0.5, 0.6) is 5.75 Å². The van der Waals surface area contributed by atoms with Crippen molar-refractivity contribution in [2.45, 2.75) is 24.9 Å². The summed E-state index contributed by atoms with van der Waals surface area (Å²) >= 11 is 0. The van der Waals surface area contributed by atoms with E-state index >= 15 is 0 Å². The van der Waals surface area contributed by atoms with Crippen molar-refractivity contribution in [1.29, 1.82) is 0 Å². The van der Waals surface area contributed by atoms with Crippen LogP contribution in [0.2, 0.25) is 0 Å². The summed E-state index contributed by atoms with van der Waals surface area (Å²) in [7, 11) is 0. The van der Waals surface area contributed by atoms with Crippen molar-refractivity contribution < 1.29 is 13.9 Å². The highest BCUT2D eigenvalue weighted by Crippen LogP contribution is 2.28. The minimum Gasteiger partial charge on any atom is -0.492 e. The second-order valence-electron chi connectivity index (χ2n) is 7.47. The number of carbonyl (C=O) groups excluding carboxylic acids is 1. The second-order valence-corrected chi connectivity index (χ2v) is 7.47. The number of benzene rings is 2. The van der Waals surface area contributed by atoms with Crippen LogP contribution in [-0.4, -0.2) is 51.5 Å². The number of hydrogen-bond donors (Lipinski definition) is 1. The summed E-state index contributed by atoms with van der Waals surface area (Å²) in [6, 6.07) is 13.4. The topological polar surface area (TPSA) is 86.3 Å². The number of ether oxygens (including phenoxy) is 1. The summed E-state index contributed by atoms with van der Waals surface area (Å²) in [5.74, 6) is 0.641. The summed E-state index contributed by atoms with van der Waals surface area (Å²) in [6.45, 7) is 2.11. The summed E-state index contributed by atoms with van der Waals surface area (Å²) in [5.41, 5.74) is 7.72. The van der Waals surface area contributed by atoms with Gasteiger partial charge in [0.25, 0.3) is 5.91 Å². The lowest BCUT2D eigenvalue weighted by Crippen LogP contribution is -2.33. The molecule has 1 amide bonds. The standard InChI is InChI=1S/C22H24FN5O2/c23-19-5-1-16(2-6-19)18-9-12-27(13-18)22(29)17-3-7-21(8-4-17)30-15-20(24)14-28-25-10-11-26-28/h1-8,10-11,18,20H,9,12-15,24H2/t18-,20?/m0/s1. The molecule has 8 heteroatoms. The van der Waals surface area contributed by atoms with E-state index in [1.807, 2.05) is 4.90 Å². The van der Waals surface area contributed by atoms with E-state index in [2.05, 4.69) is 10.2 Å². The minimum atomic E-state index is -0.244. The maximum Gasteiger partial charge on any atom is 0.253 e. The Morgan fingerprint density at radius 3 is 2.53 bits per heavy atom. The first-order valence-electron chi connectivity index (χ1n) is 9.96. The van der Waals surface area contributed by atoms with Crippen molar-refractivity contribution >= 4 is 5.91 Å². The molecule has 0 saturated carbocycles. The fourth-order valence-corrected chi connectivity index (χ4v) is 3.63. The molecule has 2 N–H and O–H groups in total. The van der Waals surface area contributed by atoms with Crippen molar-refractivity contribution in [3.8, 4) is 5.75 Å². The Kier molecular flexibility index (Phi) is 6.04. The molecule has 1 unspecified atom stereocenters. The molecule has 7 nitrogen and oxygen atoms in total. The molecule has 0 radical (unpaired) electrons. The van der Waals surface area contributed by atoms with Crippen LogP contribution in [0.25, 0.3) is 0 Å². The highest BCUT2D eigenvalue weighted by molar-refractivity contribution is 5.94. The number of halogens is 1. The minimum absolute atomic E-state index is 0.00683. The molecule has 1 saturated heterocycles. The van der Waals surface area contributed by atoms with E-state index in [9.17, 15) is 9.18 Å². The van der Waals surface area contributed by atoms with E-state index in [4.69, 9.17) is 10.5 Å². The summed E-state index contributed by atoms with van der Waals surface area (Å²) in [6.07, 6.45) is 4.08. The lowest BCUT2D eigenvalue weighted by atomic mass is 9.99. The van der Waals surface area contributed by atoms with Gasteiger partial charge in [-0.1, -0.05) is 12.1 Å². The summed E-state index contributed by atoms with van der Waals surface area (Å²) in [5, 5.41) is 8.04. The van der Waals surface area contributed by atoms with E-state index in [0.717, 1.165) is 12.0 Å². The normalized spacial score (nSPS) is 17.1. The molecule has 1 aromatic heterocycles. The Hall–Kier alpha value is -3.26. The van der Waals surface area contributed by atoms with Crippen molar-refractivity contribution in [2.75, 3.05) is 19.7 Å². The molecule has 1 aliphatic rings. The summed E-state index contributed by atoms with van der Waals surface area (Å²) < 4.78 is 18.8. The molecule has 2 heterocycles. The smallest absolute Gasteiger partial charge is 0.253 e. The average molecular weight is 409 g/mol. The fraction of sp³-hybridized carbons (Fsp3) is 0.318. The van der Waals surface area contributed by atoms with Crippen LogP contribution in [0.15, 0.2) is 60.9 Å². The number of carbonyl (C=O) groups is 1. The monoisotopic (exact) mass is 409 g/mol. The van der Waals surface area contributed by atoms with Gasteiger partial charge in [-0.2, -0.15) is 15.0 Å². The molecule has 0 spiro atoms. The van der Waals surface area contributed by atoms with Gasteiger partial charge in [0.2, 0.25) is 0 Å². The molecular weight excluding hydrogens is 385 g/mol. The highest BCUT2D eigenvalue weighted by Gasteiger charge is 2.28. The first-order chi connectivity index (χ1) is 14.6. The third-order valence-corrected chi connectivity index (χ3v) is 5.25. The van der Waals surface area contributed by atoms with Gasteiger partial charge in [-0.25, -0.2) is 4.39 Å². The first kappa shape index (κ1) is 20.0. The Morgan fingerprint density at radius 2 is 1.83 bits per heavy atom. The zero-order chi connectivity index (χ0) is 20.9. The first-order valence-corrected chi connectivity index (χ1v) is 9.96. The molecule has 156 valence electrons. The zero-order valence-corrected chi connectivity index (χ0v) is 16.5. The third-order valence-electron chi connectivity index (χ3n) is 5.25. The Balaban J connectivity index is 1.29. The molecule has 4 rings (SSSR count). The molecule has 0 bridgehead atoms. The van der Waals surface area contributed by atoms with Gasteiger partial charge in [0, 0.05) is 24.6 Å². The number of amides is 1. The lowest BCUT2D eigenvalue weighted by molar-refractivity contribution is 0.0790. The second kappa shape index (κ2) is 9.04. The molecule has 30 heavy (non-hydrogen) atoms. The zero-order valence-electron chi connectivity index (χ0n) is 16.5. The molecule has 3 aromatic rings. The third kappa shape index (κ3) is 4.83. The van der Waals surface area contributed by atoms with E-state index in [-0.39, 0.29) is 23.7 Å². The van der Waals surface area contributed by atoms with E-state index < -0.39 is 0 Å². The predicted molar refractivity (Wildman–Crippen MR) is 110 cm³/mol. The van der Waals surface area contributed by atoms with E-state index in [0.29, 0.717) is 37.6 Å². The van der Waals surface area contributed by atoms with Gasteiger partial charge in [0.05, 0.1) is 25.0 Å². The number of nitrogens with two attached hydrogens (primary N) is 1. The lowest BCUT2D eigenvalue weighted by Gasteiger charge is -2.17. The van der Waals surface area contributed by atoms with Crippen molar-refractivity contribution in [2.24, 2.45) is 5.73 Å². The molecule has 2 atom stereocenters. The van der Waals surface area contributed by atoms with Gasteiger partial charge in [0.1, 0.15) is 18.2 Å². The maximum atomic E-state index is 13.1. The van der Waals surface area contributed by atoms with Crippen molar-refractivity contribution in [1.82, 2.24) is 19.9 Å². The number of likely N-dealkylation sites (tertiary alicyclic amines) is 1. The molecule has 1 fully saturated rings. The highest BCUT2D eigenvalue weighted by atomic mass is 19.1. The van der Waals surface area contributed by atoms with Crippen LogP contribution in [0.4, 0.5) is 4.39 Å². The quantitative estimate of drug-likeness (QED) is 0.648. The Labute approximate surface area is 174 Å². The van der Waals surface area contributed by atoms with Crippen molar-refractivity contribution in [3.63, 3.8) is 0 Å². The number of rotatable bonds is 7. The number of aromatic nitrogens is 3.